The van der Waals surface area contributed by atoms with Crippen molar-refractivity contribution in [1.82, 2.24) is 19.7 Å². The Morgan fingerprint density at radius 1 is 1.43 bits per heavy atom. The van der Waals surface area contributed by atoms with Gasteiger partial charge in [0.2, 0.25) is 0 Å². The Kier molecular flexibility index (Phi) is 2.45. The van der Waals surface area contributed by atoms with E-state index in [0.717, 1.165) is 17.8 Å². The molecule has 0 bridgehead atoms. The minimum atomic E-state index is 0.444. The molecule has 0 unspecified atom stereocenters. The Hall–Kier alpha value is -1.42. The Balaban J connectivity index is 2.39. The molecule has 0 N–H and O–H groups in total. The first-order chi connectivity index (χ1) is 6.79. The minimum Gasteiger partial charge on any atom is -0.272 e. The van der Waals surface area contributed by atoms with Crippen molar-refractivity contribution in [3.05, 3.63) is 29.9 Å². The van der Waals surface area contributed by atoms with Crippen LogP contribution in [0.3, 0.4) is 0 Å². The van der Waals surface area contributed by atoms with E-state index in [-0.39, 0.29) is 0 Å². The number of nitrogens with zero attached hydrogens (tertiary/aromatic N) is 4. The molecule has 0 fully saturated rings. The molecule has 72 valence electrons. The smallest absolute Gasteiger partial charge is 0.133 e. The summed E-state index contributed by atoms with van der Waals surface area (Å²) in [6.45, 7) is 2.88. The molecule has 0 saturated heterocycles. The first-order valence-corrected chi connectivity index (χ1v) is 4.67. The number of halogens is 1. The SMILES string of the molecule is CCn1cc(-c2cc(Cl)ncn2)cn1. The molecule has 4 nitrogen and oxygen atoms in total. The Labute approximate surface area is 86.6 Å². The summed E-state index contributed by atoms with van der Waals surface area (Å²) in [6.07, 6.45) is 5.14. The zero-order valence-electron chi connectivity index (χ0n) is 7.68. The van der Waals surface area contributed by atoms with Crippen LogP contribution in [-0.4, -0.2) is 19.7 Å². The number of aromatic nitrogens is 4. The molecule has 5 heteroatoms. The van der Waals surface area contributed by atoms with E-state index in [4.69, 9.17) is 11.6 Å². The highest BCUT2D eigenvalue weighted by atomic mass is 35.5. The molecular formula is C9H9ClN4. The van der Waals surface area contributed by atoms with Crippen molar-refractivity contribution in [2.45, 2.75) is 13.5 Å². The van der Waals surface area contributed by atoms with Crippen LogP contribution in [0.15, 0.2) is 24.8 Å². The van der Waals surface area contributed by atoms with Gasteiger partial charge in [-0.1, -0.05) is 11.6 Å². The number of hydrogen-bond acceptors (Lipinski definition) is 3. The standard InChI is InChI=1S/C9H9ClN4/c1-2-14-5-7(4-13-14)8-3-9(10)12-6-11-8/h3-6H,2H2,1H3. The van der Waals surface area contributed by atoms with Gasteiger partial charge >= 0.3 is 0 Å². The van der Waals surface area contributed by atoms with Crippen molar-refractivity contribution in [1.29, 1.82) is 0 Å². The first-order valence-electron chi connectivity index (χ1n) is 4.30. The summed E-state index contributed by atoms with van der Waals surface area (Å²) in [4.78, 5) is 7.93. The Bertz CT molecular complexity index is 438. The maximum absolute atomic E-state index is 5.76. The highest BCUT2D eigenvalue weighted by Crippen LogP contribution is 2.17. The molecule has 0 aliphatic rings. The highest BCUT2D eigenvalue weighted by molar-refractivity contribution is 6.29. The quantitative estimate of drug-likeness (QED) is 0.710. The number of aryl methyl sites for hydroxylation is 1. The van der Waals surface area contributed by atoms with Crippen molar-refractivity contribution >= 4 is 11.6 Å². The van der Waals surface area contributed by atoms with Gasteiger partial charge < -0.3 is 0 Å². The fourth-order valence-corrected chi connectivity index (χ4v) is 1.31. The van der Waals surface area contributed by atoms with E-state index in [2.05, 4.69) is 15.1 Å². The first kappa shape index (κ1) is 9.15. The van der Waals surface area contributed by atoms with Gasteiger partial charge in [-0.15, -0.1) is 0 Å². The third kappa shape index (κ3) is 1.75. The number of rotatable bonds is 2. The molecule has 2 heterocycles. The summed E-state index contributed by atoms with van der Waals surface area (Å²) in [7, 11) is 0. The van der Waals surface area contributed by atoms with Gasteiger partial charge in [0.1, 0.15) is 11.5 Å². The van der Waals surface area contributed by atoms with Gasteiger partial charge in [-0.3, -0.25) is 4.68 Å². The topological polar surface area (TPSA) is 43.6 Å². The number of hydrogen-bond donors (Lipinski definition) is 0. The second-order valence-electron chi connectivity index (χ2n) is 2.81. The second kappa shape index (κ2) is 3.75. The van der Waals surface area contributed by atoms with E-state index in [1.54, 1.807) is 12.3 Å². The van der Waals surface area contributed by atoms with Gasteiger partial charge in [0, 0.05) is 24.4 Å². The highest BCUT2D eigenvalue weighted by Gasteiger charge is 2.02. The van der Waals surface area contributed by atoms with Crippen LogP contribution in [0.2, 0.25) is 5.15 Å². The average Bonchev–Trinajstić information content (AvgIpc) is 2.66. The molecule has 0 amide bonds. The van der Waals surface area contributed by atoms with Gasteiger partial charge in [-0.05, 0) is 6.92 Å². The molecule has 14 heavy (non-hydrogen) atoms. The monoisotopic (exact) mass is 208 g/mol. The summed E-state index contributed by atoms with van der Waals surface area (Å²) in [5.74, 6) is 0. The fourth-order valence-electron chi connectivity index (χ4n) is 1.16. The van der Waals surface area contributed by atoms with Gasteiger partial charge in [0.25, 0.3) is 0 Å². The molecule has 0 aliphatic heterocycles. The van der Waals surface area contributed by atoms with Crippen LogP contribution in [-0.2, 0) is 6.54 Å². The minimum absolute atomic E-state index is 0.444. The fraction of sp³-hybridized carbons (Fsp3) is 0.222. The molecule has 0 saturated carbocycles. The van der Waals surface area contributed by atoms with Crippen LogP contribution in [0.4, 0.5) is 0 Å². The second-order valence-corrected chi connectivity index (χ2v) is 3.20. The van der Waals surface area contributed by atoms with E-state index in [1.165, 1.54) is 6.33 Å². The lowest BCUT2D eigenvalue weighted by atomic mass is 10.2. The zero-order chi connectivity index (χ0) is 9.97. The van der Waals surface area contributed by atoms with Crippen LogP contribution < -0.4 is 0 Å². The molecule has 2 rings (SSSR count). The van der Waals surface area contributed by atoms with E-state index in [0.29, 0.717) is 5.15 Å². The van der Waals surface area contributed by atoms with Crippen LogP contribution in [0.1, 0.15) is 6.92 Å². The molecule has 0 spiro atoms. The Morgan fingerprint density at radius 3 is 2.93 bits per heavy atom. The molecule has 2 aromatic rings. The van der Waals surface area contributed by atoms with E-state index in [1.807, 2.05) is 17.8 Å². The maximum atomic E-state index is 5.76. The predicted octanol–water partition coefficient (Wildman–Crippen LogP) is 2.01. The van der Waals surface area contributed by atoms with Crippen molar-refractivity contribution in [3.8, 4) is 11.3 Å². The van der Waals surface area contributed by atoms with E-state index in [9.17, 15) is 0 Å². The van der Waals surface area contributed by atoms with Crippen LogP contribution in [0.25, 0.3) is 11.3 Å². The van der Waals surface area contributed by atoms with E-state index < -0.39 is 0 Å². The molecule has 0 atom stereocenters. The lowest BCUT2D eigenvalue weighted by molar-refractivity contribution is 0.660. The Morgan fingerprint density at radius 2 is 2.29 bits per heavy atom. The van der Waals surface area contributed by atoms with Crippen molar-refractivity contribution in [2.24, 2.45) is 0 Å². The van der Waals surface area contributed by atoms with Crippen molar-refractivity contribution < 1.29 is 0 Å². The normalized spacial score (nSPS) is 10.4. The van der Waals surface area contributed by atoms with Crippen LogP contribution in [0, 0.1) is 0 Å². The maximum Gasteiger partial charge on any atom is 0.133 e. The lowest BCUT2D eigenvalue weighted by Crippen LogP contribution is -1.92. The van der Waals surface area contributed by atoms with E-state index >= 15 is 0 Å². The summed E-state index contributed by atoms with van der Waals surface area (Å²) in [5.41, 5.74) is 1.75. The van der Waals surface area contributed by atoms with Crippen LogP contribution >= 0.6 is 11.6 Å². The largest absolute Gasteiger partial charge is 0.272 e. The zero-order valence-corrected chi connectivity index (χ0v) is 8.44. The third-order valence-corrected chi connectivity index (χ3v) is 2.09. The average molecular weight is 209 g/mol. The van der Waals surface area contributed by atoms with Gasteiger partial charge in [0.05, 0.1) is 11.9 Å². The summed E-state index contributed by atoms with van der Waals surface area (Å²) in [6, 6.07) is 1.72. The molecule has 0 aromatic carbocycles. The molecule has 0 aliphatic carbocycles. The third-order valence-electron chi connectivity index (χ3n) is 1.89. The molecule has 0 radical (unpaired) electrons. The molecular weight excluding hydrogens is 200 g/mol. The van der Waals surface area contributed by atoms with Gasteiger partial charge in [-0.25, -0.2) is 9.97 Å². The van der Waals surface area contributed by atoms with Crippen LogP contribution in [0.5, 0.6) is 0 Å². The van der Waals surface area contributed by atoms with Gasteiger partial charge in [0.15, 0.2) is 0 Å². The summed E-state index contributed by atoms with van der Waals surface area (Å²) in [5, 5.41) is 4.60. The lowest BCUT2D eigenvalue weighted by Gasteiger charge is -1.95. The summed E-state index contributed by atoms with van der Waals surface area (Å²) >= 11 is 5.76. The van der Waals surface area contributed by atoms with Gasteiger partial charge in [-0.2, -0.15) is 5.10 Å². The van der Waals surface area contributed by atoms with Crippen molar-refractivity contribution in [3.63, 3.8) is 0 Å². The predicted molar refractivity (Wildman–Crippen MR) is 53.9 cm³/mol. The summed E-state index contributed by atoms with van der Waals surface area (Å²) < 4.78 is 1.84. The van der Waals surface area contributed by atoms with Crippen molar-refractivity contribution in [2.75, 3.05) is 0 Å². The molecule has 2 aromatic heterocycles.